The highest BCUT2D eigenvalue weighted by atomic mass is 16.5. The number of nitrogens with zero attached hydrogens (tertiary/aromatic N) is 2. The van der Waals surface area contributed by atoms with Crippen LogP contribution in [0.15, 0.2) is 53.1 Å². The Balaban J connectivity index is 1.88. The number of amides is 1. The van der Waals surface area contributed by atoms with Crippen LogP contribution in [0.4, 0.5) is 0 Å². The summed E-state index contributed by atoms with van der Waals surface area (Å²) in [7, 11) is 3.30. The Morgan fingerprint density at radius 1 is 0.757 bits per heavy atom. The van der Waals surface area contributed by atoms with Gasteiger partial charge in [0.05, 0.1) is 26.2 Å². The van der Waals surface area contributed by atoms with Gasteiger partial charge < -0.3 is 18.9 Å². The Bertz CT molecular complexity index is 1060. The molecule has 0 fully saturated rings. The standard InChI is InChI=1S/C31H42N2O4/c1-5-7-9-11-21-33(22-12-10-8-6-2)29(34)23-28-30(24-13-17-26(35-3)18-14-24)31(32-37-28)25-15-19-27(36-4)20-16-25/h13-20H,5-12,21-23H2,1-4H3. The van der Waals surface area contributed by atoms with Crippen molar-refractivity contribution in [3.8, 4) is 33.9 Å². The lowest BCUT2D eigenvalue weighted by Gasteiger charge is -2.22. The molecule has 0 bridgehead atoms. The largest absolute Gasteiger partial charge is 0.497 e. The van der Waals surface area contributed by atoms with Crippen LogP contribution in [0.2, 0.25) is 0 Å². The average Bonchev–Trinajstić information content (AvgIpc) is 3.35. The number of carbonyl (C=O) groups is 1. The lowest BCUT2D eigenvalue weighted by molar-refractivity contribution is -0.131. The number of unbranched alkanes of at least 4 members (excludes halogenated alkanes) is 6. The third-order valence-electron chi connectivity index (χ3n) is 6.73. The summed E-state index contributed by atoms with van der Waals surface area (Å²) in [6, 6.07) is 15.5. The molecule has 0 radical (unpaired) electrons. The van der Waals surface area contributed by atoms with Gasteiger partial charge in [-0.15, -0.1) is 0 Å². The minimum absolute atomic E-state index is 0.0974. The lowest BCUT2D eigenvalue weighted by Crippen LogP contribution is -2.34. The van der Waals surface area contributed by atoms with Crippen molar-refractivity contribution in [2.45, 2.75) is 71.6 Å². The molecule has 0 aliphatic carbocycles. The van der Waals surface area contributed by atoms with Crippen molar-refractivity contribution in [1.29, 1.82) is 0 Å². The van der Waals surface area contributed by atoms with Crippen LogP contribution in [0.1, 0.15) is 71.0 Å². The molecule has 0 aliphatic rings. The number of methoxy groups -OCH3 is 2. The zero-order valence-corrected chi connectivity index (χ0v) is 22.9. The molecule has 3 rings (SSSR count). The monoisotopic (exact) mass is 506 g/mol. The van der Waals surface area contributed by atoms with Gasteiger partial charge in [-0.25, -0.2) is 0 Å². The maximum absolute atomic E-state index is 13.6. The first-order valence-electron chi connectivity index (χ1n) is 13.7. The van der Waals surface area contributed by atoms with Crippen molar-refractivity contribution >= 4 is 5.91 Å². The molecule has 2 aromatic carbocycles. The highest BCUT2D eigenvalue weighted by Gasteiger charge is 2.24. The predicted molar refractivity (Wildman–Crippen MR) is 149 cm³/mol. The number of ether oxygens (including phenoxy) is 2. The van der Waals surface area contributed by atoms with Crippen LogP contribution in [0.5, 0.6) is 11.5 Å². The van der Waals surface area contributed by atoms with Crippen molar-refractivity contribution in [1.82, 2.24) is 10.1 Å². The molecule has 200 valence electrons. The van der Waals surface area contributed by atoms with E-state index in [1.807, 2.05) is 53.4 Å². The van der Waals surface area contributed by atoms with E-state index in [1.165, 1.54) is 25.7 Å². The van der Waals surface area contributed by atoms with Crippen LogP contribution in [0.25, 0.3) is 22.4 Å². The maximum Gasteiger partial charge on any atom is 0.230 e. The Morgan fingerprint density at radius 3 is 1.76 bits per heavy atom. The Hall–Kier alpha value is -3.28. The second-order valence-corrected chi connectivity index (χ2v) is 9.47. The Labute approximate surface area is 221 Å². The first-order chi connectivity index (χ1) is 18.1. The molecule has 0 unspecified atom stereocenters. The number of carbonyl (C=O) groups excluding carboxylic acids is 1. The zero-order valence-electron chi connectivity index (χ0n) is 22.9. The molecular formula is C31H42N2O4. The summed E-state index contributed by atoms with van der Waals surface area (Å²) in [6.07, 6.45) is 9.32. The summed E-state index contributed by atoms with van der Waals surface area (Å²) in [6.45, 7) is 6.00. The van der Waals surface area contributed by atoms with Crippen molar-refractivity contribution in [3.63, 3.8) is 0 Å². The Kier molecular flexibility index (Phi) is 11.5. The summed E-state index contributed by atoms with van der Waals surface area (Å²) in [5, 5.41) is 4.43. The fourth-order valence-electron chi connectivity index (χ4n) is 4.52. The van der Waals surface area contributed by atoms with Gasteiger partial charge in [-0.2, -0.15) is 0 Å². The molecule has 1 amide bonds. The van der Waals surface area contributed by atoms with Gasteiger partial charge in [-0.3, -0.25) is 4.79 Å². The molecule has 1 aromatic heterocycles. The summed E-state index contributed by atoms with van der Waals surface area (Å²) in [5.41, 5.74) is 3.41. The van der Waals surface area contributed by atoms with E-state index < -0.39 is 0 Å². The lowest BCUT2D eigenvalue weighted by atomic mass is 9.97. The average molecular weight is 507 g/mol. The SMILES string of the molecule is CCCCCCN(CCCCCC)C(=O)Cc1onc(-c2ccc(OC)cc2)c1-c1ccc(OC)cc1. The number of aromatic nitrogens is 1. The van der Waals surface area contributed by atoms with Crippen molar-refractivity contribution < 1.29 is 18.8 Å². The third-order valence-corrected chi connectivity index (χ3v) is 6.73. The second kappa shape index (κ2) is 15.1. The smallest absolute Gasteiger partial charge is 0.230 e. The molecule has 0 saturated heterocycles. The molecule has 0 spiro atoms. The minimum atomic E-state index is 0.0974. The fraction of sp³-hybridized carbons (Fsp3) is 0.484. The Morgan fingerprint density at radius 2 is 1.27 bits per heavy atom. The first kappa shape index (κ1) is 28.3. The molecule has 6 heteroatoms. The van der Waals surface area contributed by atoms with Crippen LogP contribution < -0.4 is 9.47 Å². The molecule has 0 aliphatic heterocycles. The van der Waals surface area contributed by atoms with Gasteiger partial charge in [0.25, 0.3) is 0 Å². The molecule has 6 nitrogen and oxygen atoms in total. The van der Waals surface area contributed by atoms with E-state index in [-0.39, 0.29) is 12.3 Å². The van der Waals surface area contributed by atoms with Gasteiger partial charge in [0.2, 0.25) is 5.91 Å². The minimum Gasteiger partial charge on any atom is -0.497 e. The first-order valence-corrected chi connectivity index (χ1v) is 13.7. The quantitative estimate of drug-likeness (QED) is 0.188. The normalized spacial score (nSPS) is 10.9. The van der Waals surface area contributed by atoms with E-state index in [2.05, 4.69) is 19.0 Å². The summed E-state index contributed by atoms with van der Waals surface area (Å²) in [4.78, 5) is 15.6. The topological polar surface area (TPSA) is 64.8 Å². The fourth-order valence-corrected chi connectivity index (χ4v) is 4.52. The van der Waals surface area contributed by atoms with E-state index in [0.29, 0.717) is 11.5 Å². The van der Waals surface area contributed by atoms with Crippen molar-refractivity contribution in [2.24, 2.45) is 0 Å². The zero-order chi connectivity index (χ0) is 26.5. The van der Waals surface area contributed by atoms with E-state index in [4.69, 9.17) is 14.0 Å². The van der Waals surface area contributed by atoms with Crippen LogP contribution in [0.3, 0.4) is 0 Å². The van der Waals surface area contributed by atoms with Gasteiger partial charge in [0, 0.05) is 18.7 Å². The molecular weight excluding hydrogens is 464 g/mol. The molecule has 0 atom stereocenters. The number of benzene rings is 2. The van der Waals surface area contributed by atoms with Gasteiger partial charge in [0.15, 0.2) is 5.76 Å². The van der Waals surface area contributed by atoms with Gasteiger partial charge in [-0.05, 0) is 54.8 Å². The maximum atomic E-state index is 13.6. The molecule has 1 heterocycles. The van der Waals surface area contributed by atoms with Crippen LogP contribution in [-0.4, -0.2) is 43.3 Å². The summed E-state index contributed by atoms with van der Waals surface area (Å²) < 4.78 is 16.5. The number of rotatable bonds is 16. The summed E-state index contributed by atoms with van der Waals surface area (Å²) >= 11 is 0. The van der Waals surface area contributed by atoms with E-state index >= 15 is 0 Å². The molecule has 0 saturated carbocycles. The van der Waals surface area contributed by atoms with Crippen molar-refractivity contribution in [3.05, 3.63) is 54.3 Å². The van der Waals surface area contributed by atoms with Crippen molar-refractivity contribution in [2.75, 3.05) is 27.3 Å². The summed E-state index contributed by atoms with van der Waals surface area (Å²) in [5.74, 6) is 2.23. The number of hydrogen-bond donors (Lipinski definition) is 0. The molecule has 3 aromatic rings. The van der Waals surface area contributed by atoms with Crippen LogP contribution in [0, 0.1) is 0 Å². The predicted octanol–water partition coefficient (Wildman–Crippen LogP) is 7.56. The second-order valence-electron chi connectivity index (χ2n) is 9.47. The van der Waals surface area contributed by atoms with E-state index in [9.17, 15) is 4.79 Å². The van der Waals surface area contributed by atoms with E-state index in [1.54, 1.807) is 14.2 Å². The highest BCUT2D eigenvalue weighted by molar-refractivity contribution is 5.86. The van der Waals surface area contributed by atoms with Gasteiger partial charge in [-0.1, -0.05) is 69.7 Å². The highest BCUT2D eigenvalue weighted by Crippen LogP contribution is 2.36. The van der Waals surface area contributed by atoms with Gasteiger partial charge >= 0.3 is 0 Å². The molecule has 37 heavy (non-hydrogen) atoms. The van der Waals surface area contributed by atoms with Crippen LogP contribution >= 0.6 is 0 Å². The number of hydrogen-bond acceptors (Lipinski definition) is 5. The molecule has 0 N–H and O–H groups in total. The van der Waals surface area contributed by atoms with Gasteiger partial charge in [0.1, 0.15) is 17.2 Å². The third kappa shape index (κ3) is 8.11. The van der Waals surface area contributed by atoms with Crippen LogP contribution in [-0.2, 0) is 11.2 Å². The van der Waals surface area contributed by atoms with E-state index in [0.717, 1.165) is 67.0 Å².